The Morgan fingerprint density at radius 2 is 2.00 bits per heavy atom. The Hall–Kier alpha value is -1.74. The Labute approximate surface area is 97.9 Å². The molecule has 1 aromatic heterocycles. The lowest BCUT2D eigenvalue weighted by Crippen LogP contribution is -2.06. The fraction of sp³-hybridized carbons (Fsp3) is 0.0833. The van der Waals surface area contributed by atoms with Crippen LogP contribution in [0.15, 0.2) is 35.1 Å². The van der Waals surface area contributed by atoms with Crippen LogP contribution in [0.4, 0.5) is 5.69 Å². The molecule has 16 heavy (non-hydrogen) atoms. The molecule has 3 N–H and O–H groups in total. The molecule has 0 aliphatic rings. The number of hydrogen-bond donors (Lipinski definition) is 2. The fourth-order valence-electron chi connectivity index (χ4n) is 1.62. The molecule has 1 heterocycles. The molecule has 2 rings (SSSR count). The number of aryl methyl sites for hydroxylation is 1. The third kappa shape index (κ3) is 2.09. The van der Waals surface area contributed by atoms with Crippen molar-refractivity contribution in [3.05, 3.63) is 51.4 Å². The number of hydrogen-bond acceptors (Lipinski definition) is 2. The summed E-state index contributed by atoms with van der Waals surface area (Å²) in [7, 11) is 0. The van der Waals surface area contributed by atoms with E-state index >= 15 is 0 Å². The minimum atomic E-state index is -0.144. The number of aromatic nitrogens is 1. The van der Waals surface area contributed by atoms with Gasteiger partial charge in [0.2, 0.25) is 5.56 Å². The van der Waals surface area contributed by atoms with Gasteiger partial charge in [0, 0.05) is 28.0 Å². The van der Waals surface area contributed by atoms with Crippen LogP contribution < -0.4 is 11.3 Å². The van der Waals surface area contributed by atoms with Crippen LogP contribution in [-0.4, -0.2) is 4.98 Å². The van der Waals surface area contributed by atoms with Crippen molar-refractivity contribution in [3.63, 3.8) is 0 Å². The first-order valence-corrected chi connectivity index (χ1v) is 5.20. The first-order chi connectivity index (χ1) is 7.56. The zero-order valence-corrected chi connectivity index (χ0v) is 9.51. The Balaban J connectivity index is 2.66. The van der Waals surface area contributed by atoms with Crippen molar-refractivity contribution in [2.24, 2.45) is 0 Å². The maximum atomic E-state index is 11.4. The third-order valence-corrected chi connectivity index (χ3v) is 2.54. The predicted octanol–water partition coefficient (Wildman–Crippen LogP) is 2.59. The average Bonchev–Trinajstić information content (AvgIpc) is 2.20. The van der Waals surface area contributed by atoms with Crippen LogP contribution >= 0.6 is 11.6 Å². The minimum absolute atomic E-state index is 0.144. The quantitative estimate of drug-likeness (QED) is 0.745. The first-order valence-electron chi connectivity index (χ1n) is 4.82. The molecule has 0 unspecified atom stereocenters. The first kappa shape index (κ1) is 10.8. The van der Waals surface area contributed by atoms with Crippen LogP contribution in [0.3, 0.4) is 0 Å². The number of rotatable bonds is 1. The van der Waals surface area contributed by atoms with Gasteiger partial charge in [0.1, 0.15) is 0 Å². The Kier molecular flexibility index (Phi) is 2.71. The van der Waals surface area contributed by atoms with Crippen molar-refractivity contribution in [2.75, 3.05) is 5.73 Å². The monoisotopic (exact) mass is 234 g/mol. The topological polar surface area (TPSA) is 58.9 Å². The Morgan fingerprint density at radius 3 is 2.69 bits per heavy atom. The van der Waals surface area contributed by atoms with Gasteiger partial charge >= 0.3 is 0 Å². The number of benzene rings is 1. The number of nitrogen functional groups attached to an aromatic ring is 1. The van der Waals surface area contributed by atoms with Crippen LogP contribution in [0.25, 0.3) is 11.1 Å². The summed E-state index contributed by atoms with van der Waals surface area (Å²) in [6.07, 6.45) is 0. The van der Waals surface area contributed by atoms with E-state index in [0.717, 1.165) is 16.8 Å². The van der Waals surface area contributed by atoms with E-state index in [0.29, 0.717) is 10.7 Å². The molecule has 3 nitrogen and oxygen atoms in total. The normalized spacial score (nSPS) is 10.4. The average molecular weight is 235 g/mol. The van der Waals surface area contributed by atoms with Gasteiger partial charge in [-0.2, -0.15) is 0 Å². The van der Waals surface area contributed by atoms with Gasteiger partial charge in [0.05, 0.1) is 0 Å². The number of pyridine rings is 1. The zero-order valence-electron chi connectivity index (χ0n) is 8.75. The van der Waals surface area contributed by atoms with E-state index in [4.69, 9.17) is 17.3 Å². The van der Waals surface area contributed by atoms with Crippen molar-refractivity contribution in [2.45, 2.75) is 6.92 Å². The van der Waals surface area contributed by atoms with Crippen molar-refractivity contribution in [1.82, 2.24) is 4.98 Å². The second-order valence-corrected chi connectivity index (χ2v) is 4.08. The molecule has 0 bridgehead atoms. The van der Waals surface area contributed by atoms with Gasteiger partial charge in [0.15, 0.2) is 0 Å². The molecular formula is C12H11ClN2O. The van der Waals surface area contributed by atoms with E-state index in [1.54, 1.807) is 18.2 Å². The van der Waals surface area contributed by atoms with Crippen molar-refractivity contribution < 1.29 is 0 Å². The van der Waals surface area contributed by atoms with Gasteiger partial charge in [-0.25, -0.2) is 0 Å². The third-order valence-electron chi connectivity index (χ3n) is 2.31. The van der Waals surface area contributed by atoms with Crippen LogP contribution in [0.2, 0.25) is 5.02 Å². The summed E-state index contributed by atoms with van der Waals surface area (Å²) in [4.78, 5) is 14.0. The van der Waals surface area contributed by atoms with Crippen LogP contribution in [-0.2, 0) is 0 Å². The van der Waals surface area contributed by atoms with E-state index in [1.807, 2.05) is 13.0 Å². The zero-order chi connectivity index (χ0) is 11.7. The lowest BCUT2D eigenvalue weighted by molar-refractivity contribution is 1.14. The molecule has 0 radical (unpaired) electrons. The molecule has 0 saturated carbocycles. The molecule has 0 aliphatic carbocycles. The van der Waals surface area contributed by atoms with Crippen molar-refractivity contribution >= 4 is 17.3 Å². The molecule has 0 aliphatic heterocycles. The maximum absolute atomic E-state index is 11.4. The highest BCUT2D eigenvalue weighted by atomic mass is 35.5. The van der Waals surface area contributed by atoms with Crippen LogP contribution in [0.1, 0.15) is 5.69 Å². The summed E-state index contributed by atoms with van der Waals surface area (Å²) in [6.45, 7) is 1.83. The highest BCUT2D eigenvalue weighted by Crippen LogP contribution is 2.28. The number of H-pyrrole nitrogens is 1. The summed E-state index contributed by atoms with van der Waals surface area (Å²) < 4.78 is 0. The SMILES string of the molecule is Cc1cc(-c2cc(Cl)ccc2N)cc(=O)[nH]1. The van der Waals surface area contributed by atoms with Crippen molar-refractivity contribution in [3.8, 4) is 11.1 Å². The summed E-state index contributed by atoms with van der Waals surface area (Å²) in [6, 6.07) is 8.58. The van der Waals surface area contributed by atoms with Gasteiger partial charge in [0.25, 0.3) is 0 Å². The molecule has 82 valence electrons. The number of aromatic amines is 1. The second kappa shape index (κ2) is 4.02. The maximum Gasteiger partial charge on any atom is 0.248 e. The molecule has 0 amide bonds. The standard InChI is InChI=1S/C12H11ClN2O/c1-7-4-8(5-12(16)15-7)10-6-9(13)2-3-11(10)14/h2-6H,14H2,1H3,(H,15,16). The van der Waals surface area contributed by atoms with Gasteiger partial charge in [-0.05, 0) is 36.8 Å². The molecule has 0 atom stereocenters. The summed E-state index contributed by atoms with van der Waals surface area (Å²) in [5, 5.41) is 0.599. The predicted molar refractivity (Wildman–Crippen MR) is 66.7 cm³/mol. The summed E-state index contributed by atoms with van der Waals surface area (Å²) >= 11 is 5.90. The number of halogens is 1. The largest absolute Gasteiger partial charge is 0.398 e. The van der Waals surface area contributed by atoms with Gasteiger partial charge in [-0.1, -0.05) is 11.6 Å². The van der Waals surface area contributed by atoms with E-state index in [1.165, 1.54) is 6.07 Å². The number of nitrogens with one attached hydrogen (secondary N) is 1. The highest BCUT2D eigenvalue weighted by Gasteiger charge is 2.05. The van der Waals surface area contributed by atoms with Crippen LogP contribution in [0.5, 0.6) is 0 Å². The molecule has 0 saturated heterocycles. The number of nitrogens with two attached hydrogens (primary N) is 1. The van der Waals surface area contributed by atoms with Gasteiger partial charge < -0.3 is 10.7 Å². The summed E-state index contributed by atoms with van der Waals surface area (Å²) in [5.74, 6) is 0. The fourth-order valence-corrected chi connectivity index (χ4v) is 1.79. The van der Waals surface area contributed by atoms with Gasteiger partial charge in [-0.15, -0.1) is 0 Å². The number of anilines is 1. The van der Waals surface area contributed by atoms with Gasteiger partial charge in [-0.3, -0.25) is 4.79 Å². The molecular weight excluding hydrogens is 224 g/mol. The lowest BCUT2D eigenvalue weighted by Gasteiger charge is -2.06. The van der Waals surface area contributed by atoms with E-state index < -0.39 is 0 Å². The van der Waals surface area contributed by atoms with Crippen LogP contribution in [0, 0.1) is 6.92 Å². The second-order valence-electron chi connectivity index (χ2n) is 3.65. The Bertz CT molecular complexity index is 590. The molecule has 0 fully saturated rings. The Morgan fingerprint density at radius 1 is 1.25 bits per heavy atom. The lowest BCUT2D eigenvalue weighted by atomic mass is 10.0. The van der Waals surface area contributed by atoms with Crippen molar-refractivity contribution in [1.29, 1.82) is 0 Å². The molecule has 4 heteroatoms. The molecule has 1 aromatic carbocycles. The summed E-state index contributed by atoms with van der Waals surface area (Å²) in [5.41, 5.74) is 8.66. The van der Waals surface area contributed by atoms with E-state index in [-0.39, 0.29) is 5.56 Å². The van der Waals surface area contributed by atoms with E-state index in [2.05, 4.69) is 4.98 Å². The molecule has 2 aromatic rings. The molecule has 0 spiro atoms. The smallest absolute Gasteiger partial charge is 0.248 e. The van der Waals surface area contributed by atoms with E-state index in [9.17, 15) is 4.79 Å². The minimum Gasteiger partial charge on any atom is -0.398 e. The highest BCUT2D eigenvalue weighted by molar-refractivity contribution is 6.31.